The van der Waals surface area contributed by atoms with E-state index in [1.54, 1.807) is 11.8 Å². The van der Waals surface area contributed by atoms with E-state index in [1.165, 1.54) is 0 Å². The maximum Gasteiger partial charge on any atom is 0.158 e. The Hall–Kier alpha value is -2.33. The molecule has 4 rings (SSSR count). The molecule has 9 nitrogen and oxygen atoms in total. The highest BCUT2D eigenvalue weighted by Gasteiger charge is 2.32. The van der Waals surface area contributed by atoms with Gasteiger partial charge in [0.25, 0.3) is 0 Å². The smallest absolute Gasteiger partial charge is 0.158 e. The normalized spacial score (nSPS) is 19.6. The van der Waals surface area contributed by atoms with E-state index in [0.29, 0.717) is 31.1 Å². The molecule has 0 spiro atoms. The second kappa shape index (κ2) is 6.19. The summed E-state index contributed by atoms with van der Waals surface area (Å²) in [5.41, 5.74) is 2.32. The van der Waals surface area contributed by atoms with Gasteiger partial charge < -0.3 is 4.74 Å². The zero-order valence-electron chi connectivity index (χ0n) is 13.7. The molecule has 0 aliphatic carbocycles. The van der Waals surface area contributed by atoms with Crippen molar-refractivity contribution >= 4 is 20.9 Å². The lowest BCUT2D eigenvalue weighted by Crippen LogP contribution is -2.14. The van der Waals surface area contributed by atoms with Crippen molar-refractivity contribution in [3.8, 4) is 11.4 Å². The summed E-state index contributed by atoms with van der Waals surface area (Å²) in [5.74, 6) is 1.57. The standard InChI is InChI=1S/C15H18N6O3S/c1-24-6-4-14-16-15(10-2-3-12-13(8-10)18-20-17-12)21(19-14)11-5-7-25(22,23)9-11/h2-3,8,11H,4-7,9H2,1H3,(H,17,18,20)/t11-/m0/s1. The number of hydrogen-bond acceptors (Lipinski definition) is 7. The predicted molar refractivity (Wildman–Crippen MR) is 90.8 cm³/mol. The maximum atomic E-state index is 11.9. The molecule has 0 bridgehead atoms. The highest BCUT2D eigenvalue weighted by Crippen LogP contribution is 2.29. The van der Waals surface area contributed by atoms with E-state index in [-0.39, 0.29) is 17.5 Å². The third-order valence-corrected chi connectivity index (χ3v) is 6.08. The molecular weight excluding hydrogens is 344 g/mol. The molecule has 25 heavy (non-hydrogen) atoms. The molecule has 1 saturated heterocycles. The van der Waals surface area contributed by atoms with Crippen LogP contribution >= 0.6 is 0 Å². The number of aromatic nitrogens is 6. The SMILES string of the molecule is COCCc1nc(-c2ccc3n[nH]nc3c2)n([C@H]2CCS(=O)(=O)C2)n1. The molecule has 1 fully saturated rings. The Morgan fingerprint density at radius 2 is 2.16 bits per heavy atom. The number of sulfone groups is 1. The molecule has 0 radical (unpaired) electrons. The van der Waals surface area contributed by atoms with Crippen LogP contribution in [0.15, 0.2) is 18.2 Å². The molecule has 0 unspecified atom stereocenters. The van der Waals surface area contributed by atoms with E-state index in [9.17, 15) is 8.42 Å². The number of rotatable bonds is 5. The van der Waals surface area contributed by atoms with Crippen LogP contribution in [0, 0.1) is 0 Å². The second-order valence-electron chi connectivity index (χ2n) is 6.12. The number of fused-ring (bicyclic) bond motifs is 1. The number of hydrogen-bond donors (Lipinski definition) is 1. The molecule has 10 heteroatoms. The van der Waals surface area contributed by atoms with Gasteiger partial charge in [0, 0.05) is 19.1 Å². The first-order valence-corrected chi connectivity index (χ1v) is 9.83. The Balaban J connectivity index is 1.77. The van der Waals surface area contributed by atoms with Crippen LogP contribution in [0.25, 0.3) is 22.4 Å². The van der Waals surface area contributed by atoms with Crippen molar-refractivity contribution in [2.75, 3.05) is 25.2 Å². The molecule has 1 aliphatic heterocycles. The van der Waals surface area contributed by atoms with Crippen LogP contribution in [0.2, 0.25) is 0 Å². The van der Waals surface area contributed by atoms with E-state index in [4.69, 9.17) is 4.74 Å². The van der Waals surface area contributed by atoms with Crippen LogP contribution in [-0.4, -0.2) is 63.8 Å². The van der Waals surface area contributed by atoms with Crippen molar-refractivity contribution in [1.29, 1.82) is 0 Å². The van der Waals surface area contributed by atoms with Gasteiger partial charge in [-0.05, 0) is 24.6 Å². The topological polar surface area (TPSA) is 116 Å². The van der Waals surface area contributed by atoms with Crippen LogP contribution in [0.5, 0.6) is 0 Å². The number of nitrogens with zero attached hydrogens (tertiary/aromatic N) is 5. The summed E-state index contributed by atoms with van der Waals surface area (Å²) in [6.45, 7) is 0.509. The van der Waals surface area contributed by atoms with Crippen LogP contribution in [0.3, 0.4) is 0 Å². The number of aromatic amines is 1. The summed E-state index contributed by atoms with van der Waals surface area (Å²) < 4.78 is 30.6. The summed E-state index contributed by atoms with van der Waals surface area (Å²) in [6, 6.07) is 5.43. The lowest BCUT2D eigenvalue weighted by molar-refractivity contribution is 0.200. The van der Waals surface area contributed by atoms with E-state index in [0.717, 1.165) is 16.6 Å². The Bertz CT molecular complexity index is 1010. The largest absolute Gasteiger partial charge is 0.384 e. The Morgan fingerprint density at radius 3 is 2.92 bits per heavy atom. The molecule has 132 valence electrons. The Labute approximate surface area is 144 Å². The first-order chi connectivity index (χ1) is 12.1. The third kappa shape index (κ3) is 3.14. The van der Waals surface area contributed by atoms with Crippen molar-refractivity contribution in [2.45, 2.75) is 18.9 Å². The summed E-state index contributed by atoms with van der Waals surface area (Å²) >= 11 is 0. The minimum atomic E-state index is -3.02. The predicted octanol–water partition coefficient (Wildman–Crippen LogP) is 0.765. The van der Waals surface area contributed by atoms with Gasteiger partial charge in [-0.25, -0.2) is 18.1 Å². The van der Waals surface area contributed by atoms with Crippen LogP contribution in [0.1, 0.15) is 18.3 Å². The summed E-state index contributed by atoms with van der Waals surface area (Å²) in [7, 11) is -1.39. The monoisotopic (exact) mass is 362 g/mol. The second-order valence-corrected chi connectivity index (χ2v) is 8.35. The Morgan fingerprint density at radius 1 is 1.32 bits per heavy atom. The van der Waals surface area contributed by atoms with Gasteiger partial charge >= 0.3 is 0 Å². The van der Waals surface area contributed by atoms with E-state index >= 15 is 0 Å². The molecule has 3 aromatic rings. The fourth-order valence-corrected chi connectivity index (χ4v) is 4.76. The highest BCUT2D eigenvalue weighted by molar-refractivity contribution is 7.91. The molecule has 0 amide bonds. The molecule has 2 aromatic heterocycles. The highest BCUT2D eigenvalue weighted by atomic mass is 32.2. The molecule has 0 saturated carbocycles. The molecule has 1 aliphatic rings. The summed E-state index contributed by atoms with van der Waals surface area (Å²) in [5, 5.41) is 15.3. The number of benzene rings is 1. The van der Waals surface area contributed by atoms with Gasteiger partial charge in [0.2, 0.25) is 0 Å². The van der Waals surface area contributed by atoms with E-state index in [2.05, 4.69) is 25.5 Å². The Kier molecular flexibility index (Phi) is 4.00. The number of methoxy groups -OCH3 is 1. The van der Waals surface area contributed by atoms with Gasteiger partial charge in [-0.15, -0.1) is 0 Å². The fourth-order valence-electron chi connectivity index (χ4n) is 3.07. The zero-order chi connectivity index (χ0) is 17.4. The van der Waals surface area contributed by atoms with Crippen molar-refractivity contribution in [3.63, 3.8) is 0 Å². The molecule has 1 N–H and O–H groups in total. The van der Waals surface area contributed by atoms with Crippen LogP contribution in [0.4, 0.5) is 0 Å². The van der Waals surface area contributed by atoms with E-state index in [1.807, 2.05) is 18.2 Å². The lowest BCUT2D eigenvalue weighted by atomic mass is 10.1. The average Bonchev–Trinajstić information content (AvgIpc) is 3.29. The van der Waals surface area contributed by atoms with Gasteiger partial charge in [-0.3, -0.25) is 0 Å². The molecule has 3 heterocycles. The van der Waals surface area contributed by atoms with Gasteiger partial charge in [0.15, 0.2) is 21.5 Å². The summed E-state index contributed by atoms with van der Waals surface area (Å²) in [6.07, 6.45) is 1.12. The summed E-state index contributed by atoms with van der Waals surface area (Å²) in [4.78, 5) is 4.62. The number of H-pyrrole nitrogens is 1. The average molecular weight is 362 g/mol. The number of nitrogens with one attached hydrogen (secondary N) is 1. The van der Waals surface area contributed by atoms with Crippen LogP contribution < -0.4 is 0 Å². The molecular formula is C15H18N6O3S. The third-order valence-electron chi connectivity index (χ3n) is 4.33. The van der Waals surface area contributed by atoms with Crippen molar-refractivity contribution in [2.24, 2.45) is 0 Å². The van der Waals surface area contributed by atoms with Gasteiger partial charge in [0.1, 0.15) is 11.0 Å². The van der Waals surface area contributed by atoms with Crippen molar-refractivity contribution < 1.29 is 13.2 Å². The lowest BCUT2D eigenvalue weighted by Gasteiger charge is -2.11. The quantitative estimate of drug-likeness (QED) is 0.712. The molecule has 1 atom stereocenters. The zero-order valence-corrected chi connectivity index (χ0v) is 14.5. The maximum absolute atomic E-state index is 11.9. The van der Waals surface area contributed by atoms with Gasteiger partial charge in [0.05, 0.1) is 24.2 Å². The number of ether oxygens (including phenoxy) is 1. The van der Waals surface area contributed by atoms with Crippen molar-refractivity contribution in [3.05, 3.63) is 24.0 Å². The minimum Gasteiger partial charge on any atom is -0.384 e. The first kappa shape index (κ1) is 16.2. The molecule has 1 aromatic carbocycles. The van der Waals surface area contributed by atoms with E-state index < -0.39 is 9.84 Å². The van der Waals surface area contributed by atoms with Crippen molar-refractivity contribution in [1.82, 2.24) is 30.2 Å². The van der Waals surface area contributed by atoms with Gasteiger partial charge in [-0.2, -0.15) is 20.5 Å². The minimum absolute atomic E-state index is 0.0965. The fraction of sp³-hybridized carbons (Fsp3) is 0.467. The first-order valence-electron chi connectivity index (χ1n) is 8.01. The van der Waals surface area contributed by atoms with Gasteiger partial charge in [-0.1, -0.05) is 0 Å². The van der Waals surface area contributed by atoms with Crippen LogP contribution in [-0.2, 0) is 21.0 Å².